The second-order valence-electron chi connectivity index (χ2n) is 41.1. The summed E-state index contributed by atoms with van der Waals surface area (Å²) in [5.41, 5.74) is 5.32. The Balaban J connectivity index is 0.000000195. The Kier molecular flexibility index (Phi) is 31.7. The summed E-state index contributed by atoms with van der Waals surface area (Å²) in [6.45, 7) is 29.0. The summed E-state index contributed by atoms with van der Waals surface area (Å²) in [7, 11) is 1.43. The molecule has 116 heavy (non-hydrogen) atoms. The third kappa shape index (κ3) is 17.3. The molecule has 0 aromatic heterocycles. The van der Waals surface area contributed by atoms with Gasteiger partial charge in [-0.25, -0.2) is 14.4 Å². The number of aliphatic hydroxyl groups is 6. The van der Waals surface area contributed by atoms with E-state index in [0.29, 0.717) is 141 Å². The molecule has 33 atom stereocenters. The third-order valence-electron chi connectivity index (χ3n) is 36.6. The zero-order chi connectivity index (χ0) is 80.3. The van der Waals surface area contributed by atoms with Crippen molar-refractivity contribution in [3.05, 3.63) is 124 Å². The van der Waals surface area contributed by atoms with Crippen LogP contribution in [0, 0.1) is 157 Å². The first-order chi connectivity index (χ1) is 53.4. The van der Waals surface area contributed by atoms with Crippen LogP contribution < -0.4 is 18.9 Å². The maximum Gasteiger partial charge on any atom is 1.00 e. The largest absolute Gasteiger partial charge is 1.00 e. The van der Waals surface area contributed by atoms with E-state index in [1.807, 2.05) is 60.7 Å². The van der Waals surface area contributed by atoms with E-state index in [4.69, 9.17) is 4.74 Å². The Morgan fingerprint density at radius 1 is 0.388 bits per heavy atom. The van der Waals surface area contributed by atoms with Crippen LogP contribution in [0.4, 0.5) is 0 Å². The maximum absolute atomic E-state index is 12.2. The van der Waals surface area contributed by atoms with Crippen LogP contribution in [0.5, 0.6) is 0 Å². The van der Waals surface area contributed by atoms with Crippen molar-refractivity contribution in [1.29, 1.82) is 0 Å². The summed E-state index contributed by atoms with van der Waals surface area (Å²) in [5, 5.41) is 86.3. The molecular weight excluding hydrogens is 1440 g/mol. The number of carbonyl (C=O) groups excluding carboxylic acids is 1. The molecule has 12 aliphatic rings. The number of carbonyl (C=O) groups is 3. The van der Waals surface area contributed by atoms with E-state index in [1.54, 1.807) is 24.3 Å². The molecule has 0 amide bonds. The Morgan fingerprint density at radius 3 is 0.905 bits per heavy atom. The Bertz CT molecular complexity index is 3690. The van der Waals surface area contributed by atoms with Gasteiger partial charge in [0.25, 0.3) is 0 Å². The van der Waals surface area contributed by atoms with E-state index in [9.17, 15) is 55.2 Å². The molecular formula is C102H155LiO13. The summed E-state index contributed by atoms with van der Waals surface area (Å²) in [6.07, 6.45) is 40.7. The molecule has 12 fully saturated rings. The van der Waals surface area contributed by atoms with Crippen LogP contribution in [-0.2, 0) is 4.74 Å². The molecule has 12 aliphatic carbocycles. The Labute approximate surface area is 712 Å². The number of rotatable bonds is 18. The van der Waals surface area contributed by atoms with Gasteiger partial charge in [-0.3, -0.25) is 0 Å². The summed E-state index contributed by atoms with van der Waals surface area (Å²) < 4.78 is 4.97. The van der Waals surface area contributed by atoms with Crippen molar-refractivity contribution in [3.63, 3.8) is 0 Å². The van der Waals surface area contributed by atoms with E-state index >= 15 is 0 Å². The molecule has 0 radical (unpaired) electrons. The van der Waals surface area contributed by atoms with Crippen molar-refractivity contribution in [1.82, 2.24) is 0 Å². The molecule has 642 valence electrons. The fraction of sp³-hybridized carbons (Fsp3) is 0.735. The van der Waals surface area contributed by atoms with Gasteiger partial charge in [-0.05, 0) is 346 Å². The normalized spacial score (nSPS) is 42.3. The molecule has 3 aromatic rings. The number of ether oxygens (including phenoxy) is 1. The van der Waals surface area contributed by atoms with Gasteiger partial charge in [0, 0.05) is 0 Å². The Hall–Kier alpha value is -4.39. The van der Waals surface area contributed by atoms with Crippen molar-refractivity contribution >= 4 is 36.1 Å². The molecule has 0 saturated heterocycles. The van der Waals surface area contributed by atoms with Crippen LogP contribution in [0.25, 0.3) is 18.2 Å². The Morgan fingerprint density at radius 2 is 0.638 bits per heavy atom. The predicted octanol–water partition coefficient (Wildman–Crippen LogP) is 19.3. The van der Waals surface area contributed by atoms with Gasteiger partial charge >= 0.3 is 36.8 Å². The van der Waals surface area contributed by atoms with E-state index < -0.39 is 11.9 Å². The summed E-state index contributed by atoms with van der Waals surface area (Å²) in [4.78, 5) is 35.3. The van der Waals surface area contributed by atoms with Crippen LogP contribution >= 0.6 is 0 Å². The molecule has 0 aliphatic heterocycles. The fourth-order valence-corrected chi connectivity index (χ4v) is 31.1. The predicted molar refractivity (Wildman–Crippen MR) is 464 cm³/mol. The molecule has 15 rings (SSSR count). The number of carboxylic acids is 2. The van der Waals surface area contributed by atoms with Crippen LogP contribution in [0.3, 0.4) is 0 Å². The first-order valence-corrected chi connectivity index (χ1v) is 45.3. The van der Waals surface area contributed by atoms with Gasteiger partial charge < -0.3 is 51.1 Å². The minimum absolute atomic E-state index is 0. The van der Waals surface area contributed by atoms with Crippen molar-refractivity contribution in [2.24, 2.45) is 157 Å². The van der Waals surface area contributed by atoms with Crippen LogP contribution in [-0.4, -0.2) is 108 Å². The number of carboxylic acid groups (broad SMARTS) is 2. The number of fused-ring (bicyclic) bond motifs is 15. The van der Waals surface area contributed by atoms with E-state index in [0.717, 1.165) is 113 Å². The molecule has 9 N–H and O–H groups in total. The van der Waals surface area contributed by atoms with E-state index in [1.165, 1.54) is 84.2 Å². The minimum atomic E-state index is -0.879. The third-order valence-corrected chi connectivity index (χ3v) is 36.6. The zero-order valence-electron chi connectivity index (χ0n) is 72.2. The smallest absolute Gasteiger partial charge is 0.870 e. The van der Waals surface area contributed by atoms with Crippen molar-refractivity contribution < 1.29 is 84.3 Å². The molecule has 0 bridgehead atoms. The van der Waals surface area contributed by atoms with Crippen molar-refractivity contribution in [3.8, 4) is 0 Å². The summed E-state index contributed by atoms with van der Waals surface area (Å²) in [6, 6.07) is 22.1. The first kappa shape index (κ1) is 95.4. The van der Waals surface area contributed by atoms with E-state index in [-0.39, 0.29) is 114 Å². The molecule has 14 heteroatoms. The number of aromatic carboxylic acids is 2. The monoisotopic (exact) mass is 1600 g/mol. The number of benzene rings is 3. The standard InChI is InChI=1S/C34H50O4.2C33H48O4.2CH4.Li.H2O/c1-6-24-29-20-23(35)16-18-34(29,4)28-17-19-33(3)26(14-15-27(33)30(28)31(24)36)21(2)10-9-12-22-11-7-8-13-25(22)32(37)38-5;2*1-5-23-28-19-22(34)15-17-33(28,4)27-16-18-32(3)25(13-14-26(32)29(27)30(23)35)20(2)9-8-11-21-10-6-7-12-24(21)31(36)37;;;;/h7-9,11-13,21,23-24,26-31,35-36H,6,10,14-20H2,1-5H3;2*6-8,10-12,20,22-23,25-30,34-35H,5,9,13-19H2,1-4H3,(H,36,37);2*1H4;;1H2/q;;;;;+1;/p-1/b12-9+;2*11-8+;;;;/t21-,23-,24-,26-,27+,28+,29+,30+,31-,33-,34-;2*20-,22-,23-,25-,26+,27+,28+,29+,30-,32-,33-;;;;/m111..../s1. The van der Waals surface area contributed by atoms with Crippen LogP contribution in [0.15, 0.2) is 91.0 Å². The molecule has 0 heterocycles. The number of hydrogen-bond acceptors (Lipinski definition) is 11. The SMILES string of the molecule is C.C.CC[C@H]1[C@@H](O)[C@@H]2[C@H](CC[C@]3(C)[C@@H]([C@H](C)C/C=C/c4ccccc4C(=O)O)CC[C@@H]23)[C@@]2(C)CC[C@@H](O)C[C@@H]12.CC[C@H]1[C@@H](O)[C@@H]2[C@H](CC[C@]3(C)[C@@H]([C@H](C)C/C=C/c4ccccc4C(=O)O)CC[C@@H]23)[C@@]2(C)CC[C@@H](O)C[C@@H]12.CC[C@H]1[C@@H](O)[C@@H]2[C@H](CC[C@]3(C)[C@@H]([C@H](C)C/C=C/c4ccccc4C(=O)OC)CC[C@@H]23)[C@@]2(C)CC[C@@H](O)C[C@@H]12.[Li+].[OH-]. The van der Waals surface area contributed by atoms with Crippen molar-refractivity contribution in [2.75, 3.05) is 7.11 Å². The molecule has 0 spiro atoms. The number of aliphatic hydroxyl groups excluding tert-OH is 6. The van der Waals surface area contributed by atoms with Gasteiger partial charge in [0.15, 0.2) is 0 Å². The van der Waals surface area contributed by atoms with Gasteiger partial charge in [-0.1, -0.05) is 208 Å². The second kappa shape index (κ2) is 38.6. The van der Waals surface area contributed by atoms with Crippen molar-refractivity contribution in [2.45, 2.75) is 308 Å². The number of esters is 1. The first-order valence-electron chi connectivity index (χ1n) is 45.3. The van der Waals surface area contributed by atoms with Crippen LogP contribution in [0.1, 0.15) is 319 Å². The second-order valence-corrected chi connectivity index (χ2v) is 41.1. The topological polar surface area (TPSA) is 252 Å². The number of hydrogen-bond donors (Lipinski definition) is 8. The average Bonchev–Trinajstić information content (AvgIpc) is 1.44. The summed E-state index contributed by atoms with van der Waals surface area (Å²) in [5.74, 6) is 8.34. The quantitative estimate of drug-likeness (QED) is 0.0436. The summed E-state index contributed by atoms with van der Waals surface area (Å²) >= 11 is 0. The fourth-order valence-electron chi connectivity index (χ4n) is 31.1. The molecule has 12 saturated carbocycles. The number of allylic oxidation sites excluding steroid dienone is 3. The maximum atomic E-state index is 12.2. The zero-order valence-corrected chi connectivity index (χ0v) is 72.2. The van der Waals surface area contributed by atoms with Gasteiger partial charge in [0.05, 0.1) is 60.4 Å². The van der Waals surface area contributed by atoms with Gasteiger partial charge in [0.1, 0.15) is 0 Å². The van der Waals surface area contributed by atoms with Gasteiger partial charge in [-0.15, -0.1) is 0 Å². The minimum Gasteiger partial charge on any atom is -0.870 e. The molecule has 0 unspecified atom stereocenters. The average molecular weight is 1600 g/mol. The van der Waals surface area contributed by atoms with Gasteiger partial charge in [-0.2, -0.15) is 0 Å². The number of methoxy groups -OCH3 is 1. The van der Waals surface area contributed by atoms with Gasteiger partial charge in [0.2, 0.25) is 0 Å². The molecule has 3 aromatic carbocycles. The van der Waals surface area contributed by atoms with Crippen LogP contribution in [0.2, 0.25) is 0 Å². The van der Waals surface area contributed by atoms with E-state index in [2.05, 4.69) is 107 Å². The molecule has 13 nitrogen and oxygen atoms in total.